The Balaban J connectivity index is 0.00000169. The van der Waals surface area contributed by atoms with Gasteiger partial charge in [0.15, 0.2) is 0 Å². The first-order chi connectivity index (χ1) is 6.20. The van der Waals surface area contributed by atoms with Gasteiger partial charge in [0.05, 0.1) is 24.8 Å². The predicted molar refractivity (Wildman–Crippen MR) is 59.3 cm³/mol. The lowest BCUT2D eigenvalue weighted by Crippen LogP contribution is -2.15. The molecule has 5 heteroatoms. The molecule has 3 N–H and O–H groups in total. The maximum atomic E-state index is 8.85. The van der Waals surface area contributed by atoms with Crippen LogP contribution in [0.5, 0.6) is 5.75 Å². The minimum atomic E-state index is -0.456. The number of ether oxygens (including phenoxy) is 1. The van der Waals surface area contributed by atoms with Crippen LogP contribution in [0.15, 0.2) is 18.2 Å². The van der Waals surface area contributed by atoms with E-state index in [1.54, 1.807) is 18.2 Å². The predicted octanol–water partition coefficient (Wildman–Crippen LogP) is 1.76. The topological polar surface area (TPSA) is 55.5 Å². The Morgan fingerprint density at radius 2 is 2.21 bits per heavy atom. The van der Waals surface area contributed by atoms with Crippen LogP contribution in [0.25, 0.3) is 0 Å². The molecule has 0 heterocycles. The van der Waals surface area contributed by atoms with E-state index in [1.165, 1.54) is 7.11 Å². The first-order valence-electron chi connectivity index (χ1n) is 3.89. The number of methoxy groups -OCH3 is 1. The standard InChI is InChI=1S/C9H12ClNO2.ClH/c1-13-8-4-2-3-6(9(8)10)7(11)5-12;/h2-4,7,12H,5,11H2,1H3;1H/t7-;/m0./s1. The van der Waals surface area contributed by atoms with Gasteiger partial charge in [-0.3, -0.25) is 0 Å². The fourth-order valence-electron chi connectivity index (χ4n) is 1.07. The zero-order valence-electron chi connectivity index (χ0n) is 7.74. The van der Waals surface area contributed by atoms with Gasteiger partial charge < -0.3 is 15.6 Å². The molecule has 0 aliphatic rings. The molecule has 14 heavy (non-hydrogen) atoms. The number of rotatable bonds is 3. The summed E-state index contributed by atoms with van der Waals surface area (Å²) in [6, 6.07) is 4.85. The summed E-state index contributed by atoms with van der Waals surface area (Å²) in [4.78, 5) is 0. The molecular formula is C9H13Cl2NO2. The van der Waals surface area contributed by atoms with E-state index in [0.717, 1.165) is 0 Å². The molecule has 0 saturated heterocycles. The molecular weight excluding hydrogens is 225 g/mol. The lowest BCUT2D eigenvalue weighted by Gasteiger charge is -2.12. The Kier molecular flexibility index (Phi) is 5.88. The van der Waals surface area contributed by atoms with Crippen molar-refractivity contribution in [3.05, 3.63) is 28.8 Å². The van der Waals surface area contributed by atoms with Crippen LogP contribution in [0.4, 0.5) is 0 Å². The lowest BCUT2D eigenvalue weighted by molar-refractivity contribution is 0.267. The highest BCUT2D eigenvalue weighted by Gasteiger charge is 2.11. The summed E-state index contributed by atoms with van der Waals surface area (Å²) in [5, 5.41) is 9.32. The minimum Gasteiger partial charge on any atom is -0.495 e. The monoisotopic (exact) mass is 237 g/mol. The fourth-order valence-corrected chi connectivity index (χ4v) is 1.41. The second kappa shape index (κ2) is 6.09. The van der Waals surface area contributed by atoms with Crippen molar-refractivity contribution >= 4 is 24.0 Å². The highest BCUT2D eigenvalue weighted by molar-refractivity contribution is 6.32. The van der Waals surface area contributed by atoms with Crippen molar-refractivity contribution < 1.29 is 9.84 Å². The molecule has 0 unspecified atom stereocenters. The summed E-state index contributed by atoms with van der Waals surface area (Å²) in [7, 11) is 1.54. The van der Waals surface area contributed by atoms with E-state index < -0.39 is 6.04 Å². The SMILES string of the molecule is COc1cccc([C@@H](N)CO)c1Cl.Cl. The lowest BCUT2D eigenvalue weighted by atomic mass is 10.1. The van der Waals surface area contributed by atoms with Gasteiger partial charge in [0, 0.05) is 0 Å². The van der Waals surface area contributed by atoms with Crippen LogP contribution in [0, 0.1) is 0 Å². The molecule has 3 nitrogen and oxygen atoms in total. The van der Waals surface area contributed by atoms with E-state index in [-0.39, 0.29) is 19.0 Å². The van der Waals surface area contributed by atoms with Crippen molar-refractivity contribution in [2.45, 2.75) is 6.04 Å². The molecule has 80 valence electrons. The average Bonchev–Trinajstić information content (AvgIpc) is 2.17. The zero-order valence-corrected chi connectivity index (χ0v) is 9.31. The zero-order chi connectivity index (χ0) is 9.84. The maximum Gasteiger partial charge on any atom is 0.137 e. The molecule has 1 aromatic carbocycles. The Hall–Kier alpha value is -0.480. The molecule has 0 amide bonds. The normalized spacial score (nSPS) is 11.7. The quantitative estimate of drug-likeness (QED) is 0.843. The Bertz CT molecular complexity index is 294. The molecule has 1 rings (SSSR count). The van der Waals surface area contributed by atoms with Gasteiger partial charge in [0.2, 0.25) is 0 Å². The first kappa shape index (κ1) is 13.5. The average molecular weight is 238 g/mol. The molecule has 1 atom stereocenters. The van der Waals surface area contributed by atoms with Crippen molar-refractivity contribution in [1.82, 2.24) is 0 Å². The summed E-state index contributed by atoms with van der Waals surface area (Å²) >= 11 is 5.97. The summed E-state index contributed by atoms with van der Waals surface area (Å²) in [5.41, 5.74) is 6.33. The van der Waals surface area contributed by atoms with Crippen LogP contribution in [-0.4, -0.2) is 18.8 Å². The summed E-state index contributed by atoms with van der Waals surface area (Å²) in [5.74, 6) is 0.572. The third-order valence-corrected chi connectivity index (χ3v) is 2.21. The van der Waals surface area contributed by atoms with Gasteiger partial charge in [0.1, 0.15) is 5.75 Å². The third kappa shape index (κ3) is 2.75. The molecule has 0 aromatic heterocycles. The third-order valence-electron chi connectivity index (χ3n) is 1.81. The van der Waals surface area contributed by atoms with Gasteiger partial charge in [-0.25, -0.2) is 0 Å². The van der Waals surface area contributed by atoms with E-state index in [9.17, 15) is 0 Å². The molecule has 0 fully saturated rings. The van der Waals surface area contributed by atoms with Gasteiger partial charge in [0.25, 0.3) is 0 Å². The van der Waals surface area contributed by atoms with E-state index in [1.807, 2.05) is 0 Å². The van der Waals surface area contributed by atoms with Gasteiger partial charge in [-0.15, -0.1) is 12.4 Å². The fraction of sp³-hybridized carbons (Fsp3) is 0.333. The maximum absolute atomic E-state index is 8.85. The number of benzene rings is 1. The van der Waals surface area contributed by atoms with E-state index >= 15 is 0 Å². The molecule has 1 aromatic rings. The Morgan fingerprint density at radius 1 is 1.57 bits per heavy atom. The Labute approximate surface area is 94.2 Å². The second-order valence-electron chi connectivity index (χ2n) is 2.65. The number of halogens is 2. The highest BCUT2D eigenvalue weighted by atomic mass is 35.5. The Morgan fingerprint density at radius 3 is 2.71 bits per heavy atom. The molecule has 0 saturated carbocycles. The van der Waals surface area contributed by atoms with Gasteiger partial charge in [-0.2, -0.15) is 0 Å². The number of hydrogen-bond acceptors (Lipinski definition) is 3. The molecule has 0 bridgehead atoms. The first-order valence-corrected chi connectivity index (χ1v) is 4.27. The summed E-state index contributed by atoms with van der Waals surface area (Å²) < 4.78 is 5.01. The van der Waals surface area contributed by atoms with Crippen molar-refractivity contribution in [3.63, 3.8) is 0 Å². The summed E-state index contributed by atoms with van der Waals surface area (Å²) in [6.07, 6.45) is 0. The van der Waals surface area contributed by atoms with Crippen LogP contribution >= 0.6 is 24.0 Å². The van der Waals surface area contributed by atoms with E-state index in [4.69, 9.17) is 27.2 Å². The van der Waals surface area contributed by atoms with Crippen LogP contribution < -0.4 is 10.5 Å². The van der Waals surface area contributed by atoms with Gasteiger partial charge >= 0.3 is 0 Å². The van der Waals surface area contributed by atoms with E-state index in [0.29, 0.717) is 16.3 Å². The number of aliphatic hydroxyl groups excluding tert-OH is 1. The van der Waals surface area contributed by atoms with E-state index in [2.05, 4.69) is 0 Å². The largest absolute Gasteiger partial charge is 0.495 e. The van der Waals surface area contributed by atoms with Crippen LogP contribution in [0.2, 0.25) is 5.02 Å². The van der Waals surface area contributed by atoms with Crippen molar-refractivity contribution in [1.29, 1.82) is 0 Å². The van der Waals surface area contributed by atoms with Crippen LogP contribution in [-0.2, 0) is 0 Å². The second-order valence-corrected chi connectivity index (χ2v) is 3.03. The number of hydrogen-bond donors (Lipinski definition) is 2. The van der Waals surface area contributed by atoms with Gasteiger partial charge in [-0.1, -0.05) is 23.7 Å². The minimum absolute atomic E-state index is 0. The smallest absolute Gasteiger partial charge is 0.137 e. The van der Waals surface area contributed by atoms with Crippen LogP contribution in [0.3, 0.4) is 0 Å². The summed E-state index contributed by atoms with van der Waals surface area (Å²) in [6.45, 7) is -0.132. The molecule has 0 aliphatic heterocycles. The number of nitrogens with two attached hydrogens (primary N) is 1. The highest BCUT2D eigenvalue weighted by Crippen LogP contribution is 2.30. The van der Waals surface area contributed by atoms with Crippen LogP contribution in [0.1, 0.15) is 11.6 Å². The molecule has 0 spiro atoms. The van der Waals surface area contributed by atoms with Crippen molar-refractivity contribution in [2.24, 2.45) is 5.73 Å². The molecule has 0 radical (unpaired) electrons. The number of aliphatic hydroxyl groups is 1. The van der Waals surface area contributed by atoms with Crippen molar-refractivity contribution in [2.75, 3.05) is 13.7 Å². The van der Waals surface area contributed by atoms with Gasteiger partial charge in [-0.05, 0) is 11.6 Å². The van der Waals surface area contributed by atoms with Crippen molar-refractivity contribution in [3.8, 4) is 5.75 Å². The molecule has 0 aliphatic carbocycles.